The number of pyridine rings is 1. The molecule has 0 aliphatic heterocycles. The van der Waals surface area contributed by atoms with Crippen LogP contribution in [0.1, 0.15) is 30.9 Å². The Labute approximate surface area is 210 Å². The molecule has 0 spiro atoms. The maximum Gasteiger partial charge on any atom is 0.0780 e. The number of aromatic nitrogens is 1. The van der Waals surface area contributed by atoms with Crippen LogP contribution in [0, 0.1) is 6.92 Å². The average molecular weight is 470 g/mol. The first-order chi connectivity index (χ1) is 17.1. The van der Waals surface area contributed by atoms with Crippen LogP contribution in [0.15, 0.2) is 103 Å². The van der Waals surface area contributed by atoms with Crippen LogP contribution in [0.5, 0.6) is 0 Å². The van der Waals surface area contributed by atoms with Gasteiger partial charge in [-0.25, -0.2) is 0 Å². The van der Waals surface area contributed by atoms with Crippen LogP contribution < -0.4 is 0 Å². The summed E-state index contributed by atoms with van der Waals surface area (Å²) in [5.41, 5.74) is 8.69. The first-order valence-corrected chi connectivity index (χ1v) is 13.0. The van der Waals surface area contributed by atoms with Crippen molar-refractivity contribution in [2.75, 3.05) is 0 Å². The van der Waals surface area contributed by atoms with E-state index in [1.807, 2.05) is 17.5 Å². The van der Waals surface area contributed by atoms with Crippen molar-refractivity contribution in [3.63, 3.8) is 0 Å². The number of nitrogens with zero attached hydrogens (tertiary/aromatic N) is 1. The van der Waals surface area contributed by atoms with Crippen LogP contribution in [0.2, 0.25) is 0 Å². The highest BCUT2D eigenvalue weighted by atomic mass is 32.1. The quantitative estimate of drug-likeness (QED) is 0.250. The van der Waals surface area contributed by atoms with E-state index in [9.17, 15) is 0 Å². The number of fused-ring (bicyclic) bond motifs is 2. The monoisotopic (exact) mass is 469 g/mol. The molecule has 0 aliphatic rings. The standard InChI is InChI=1S/C33H27NS/c1-21(2)25-14-15-28-26(18-25)16-17-34-32(28)27-19-29(23-10-6-4-7-11-23)31-22(3)33(35-30(31)20-27)24-12-8-5-9-13-24/h4-21H,1-3H3. The van der Waals surface area contributed by atoms with E-state index in [0.29, 0.717) is 5.92 Å². The molecule has 0 amide bonds. The van der Waals surface area contributed by atoms with Crippen molar-refractivity contribution in [1.82, 2.24) is 4.98 Å². The highest BCUT2D eigenvalue weighted by Gasteiger charge is 2.18. The summed E-state index contributed by atoms with van der Waals surface area (Å²) >= 11 is 1.88. The topological polar surface area (TPSA) is 12.9 Å². The zero-order valence-electron chi connectivity index (χ0n) is 20.2. The summed E-state index contributed by atoms with van der Waals surface area (Å²) in [7, 11) is 0. The molecule has 0 fully saturated rings. The first kappa shape index (κ1) is 21.8. The number of hydrogen-bond donors (Lipinski definition) is 0. The third-order valence-corrected chi connectivity index (χ3v) is 8.17. The third kappa shape index (κ3) is 3.84. The number of aryl methyl sites for hydroxylation is 1. The molecular weight excluding hydrogens is 442 g/mol. The number of rotatable bonds is 4. The van der Waals surface area contributed by atoms with Crippen LogP contribution in [0.4, 0.5) is 0 Å². The van der Waals surface area contributed by atoms with Gasteiger partial charge in [0.1, 0.15) is 0 Å². The van der Waals surface area contributed by atoms with Crippen molar-refractivity contribution < 1.29 is 0 Å². The maximum absolute atomic E-state index is 4.89. The molecule has 170 valence electrons. The molecule has 0 saturated heterocycles. The fraction of sp³-hybridized carbons (Fsp3) is 0.121. The van der Waals surface area contributed by atoms with E-state index >= 15 is 0 Å². The summed E-state index contributed by atoms with van der Waals surface area (Å²) in [6.07, 6.45) is 1.95. The molecule has 35 heavy (non-hydrogen) atoms. The summed E-state index contributed by atoms with van der Waals surface area (Å²) < 4.78 is 1.30. The molecule has 0 radical (unpaired) electrons. The fourth-order valence-electron chi connectivity index (χ4n) is 5.02. The van der Waals surface area contributed by atoms with Crippen molar-refractivity contribution in [2.45, 2.75) is 26.7 Å². The molecule has 0 N–H and O–H groups in total. The van der Waals surface area contributed by atoms with E-state index in [1.165, 1.54) is 59.1 Å². The second-order valence-electron chi connectivity index (χ2n) is 9.48. The lowest BCUT2D eigenvalue weighted by Crippen LogP contribution is -1.91. The zero-order valence-corrected chi connectivity index (χ0v) is 21.1. The van der Waals surface area contributed by atoms with Crippen LogP contribution in [0.25, 0.3) is 53.7 Å². The Balaban J connectivity index is 1.64. The average Bonchev–Trinajstić information content (AvgIpc) is 3.24. The van der Waals surface area contributed by atoms with Crippen LogP contribution in [-0.2, 0) is 0 Å². The van der Waals surface area contributed by atoms with Crippen LogP contribution >= 0.6 is 11.3 Å². The molecule has 4 aromatic carbocycles. The Kier molecular flexibility index (Phi) is 5.47. The van der Waals surface area contributed by atoms with E-state index in [-0.39, 0.29) is 0 Å². The van der Waals surface area contributed by atoms with E-state index in [0.717, 1.165) is 5.69 Å². The molecule has 0 unspecified atom stereocenters. The molecule has 6 aromatic rings. The second kappa shape index (κ2) is 8.79. The molecule has 0 atom stereocenters. The summed E-state index contributed by atoms with van der Waals surface area (Å²) in [6, 6.07) is 35.1. The van der Waals surface area contributed by atoms with E-state index in [2.05, 4.69) is 118 Å². The minimum atomic E-state index is 0.502. The maximum atomic E-state index is 4.89. The van der Waals surface area contributed by atoms with Gasteiger partial charge in [0.05, 0.1) is 5.69 Å². The fourth-order valence-corrected chi connectivity index (χ4v) is 6.30. The zero-order chi connectivity index (χ0) is 23.9. The Morgan fingerprint density at radius 1 is 0.714 bits per heavy atom. The van der Waals surface area contributed by atoms with Gasteiger partial charge in [0.25, 0.3) is 0 Å². The molecule has 2 heterocycles. The molecular formula is C33H27NS. The highest BCUT2D eigenvalue weighted by molar-refractivity contribution is 7.22. The third-order valence-electron chi connectivity index (χ3n) is 6.88. The van der Waals surface area contributed by atoms with Gasteiger partial charge in [-0.3, -0.25) is 4.98 Å². The Morgan fingerprint density at radius 2 is 1.43 bits per heavy atom. The van der Waals surface area contributed by atoms with Crippen molar-refractivity contribution in [1.29, 1.82) is 0 Å². The molecule has 2 heteroatoms. The van der Waals surface area contributed by atoms with Crippen LogP contribution in [-0.4, -0.2) is 4.98 Å². The Morgan fingerprint density at radius 3 is 2.14 bits per heavy atom. The molecule has 6 rings (SSSR count). The molecule has 2 aromatic heterocycles. The minimum Gasteiger partial charge on any atom is -0.256 e. The van der Waals surface area contributed by atoms with Gasteiger partial charge in [-0.15, -0.1) is 11.3 Å². The predicted molar refractivity (Wildman–Crippen MR) is 152 cm³/mol. The molecule has 0 aliphatic carbocycles. The highest BCUT2D eigenvalue weighted by Crippen LogP contribution is 2.45. The van der Waals surface area contributed by atoms with E-state index in [4.69, 9.17) is 4.98 Å². The first-order valence-electron chi connectivity index (χ1n) is 12.2. The second-order valence-corrected chi connectivity index (χ2v) is 10.5. The molecule has 0 bridgehead atoms. The SMILES string of the molecule is Cc1c(-c2ccccc2)sc2cc(-c3nccc4cc(C(C)C)ccc34)cc(-c3ccccc3)c12. The van der Waals surface area contributed by atoms with Gasteiger partial charge in [-0.1, -0.05) is 92.7 Å². The van der Waals surface area contributed by atoms with Gasteiger partial charge in [0.15, 0.2) is 0 Å². The molecule has 1 nitrogen and oxygen atoms in total. The van der Waals surface area contributed by atoms with E-state index < -0.39 is 0 Å². The van der Waals surface area contributed by atoms with Gasteiger partial charge >= 0.3 is 0 Å². The predicted octanol–water partition coefficient (Wildman–Crippen LogP) is 9.88. The van der Waals surface area contributed by atoms with Crippen molar-refractivity contribution in [3.05, 3.63) is 114 Å². The van der Waals surface area contributed by atoms with Crippen molar-refractivity contribution >= 4 is 32.2 Å². The summed E-state index contributed by atoms with van der Waals surface area (Å²) in [6.45, 7) is 6.75. The molecule has 0 saturated carbocycles. The van der Waals surface area contributed by atoms with Crippen molar-refractivity contribution in [3.8, 4) is 32.8 Å². The summed E-state index contributed by atoms with van der Waals surface area (Å²) in [5.74, 6) is 0.502. The summed E-state index contributed by atoms with van der Waals surface area (Å²) in [4.78, 5) is 6.22. The number of benzene rings is 4. The van der Waals surface area contributed by atoms with Gasteiger partial charge in [0.2, 0.25) is 0 Å². The lowest BCUT2D eigenvalue weighted by atomic mass is 9.93. The smallest absolute Gasteiger partial charge is 0.0780 e. The van der Waals surface area contributed by atoms with Crippen molar-refractivity contribution in [2.24, 2.45) is 0 Å². The largest absolute Gasteiger partial charge is 0.256 e. The normalized spacial score (nSPS) is 11.5. The number of thiophene rings is 1. The van der Waals surface area contributed by atoms with Gasteiger partial charge in [-0.05, 0) is 64.2 Å². The lowest BCUT2D eigenvalue weighted by molar-refractivity contribution is 0.869. The lowest BCUT2D eigenvalue weighted by Gasteiger charge is -2.12. The minimum absolute atomic E-state index is 0.502. The van der Waals surface area contributed by atoms with Gasteiger partial charge < -0.3 is 0 Å². The van der Waals surface area contributed by atoms with Gasteiger partial charge in [0, 0.05) is 32.1 Å². The Hall–Kier alpha value is -3.75. The summed E-state index contributed by atoms with van der Waals surface area (Å²) in [5, 5.41) is 3.79. The van der Waals surface area contributed by atoms with Crippen LogP contribution in [0.3, 0.4) is 0 Å². The van der Waals surface area contributed by atoms with E-state index in [1.54, 1.807) is 0 Å². The Bertz CT molecular complexity index is 1660. The van der Waals surface area contributed by atoms with Gasteiger partial charge in [-0.2, -0.15) is 0 Å². The number of hydrogen-bond acceptors (Lipinski definition) is 2.